The Hall–Kier alpha value is -3.40. The van der Waals surface area contributed by atoms with Gasteiger partial charge in [-0.25, -0.2) is 9.59 Å². The summed E-state index contributed by atoms with van der Waals surface area (Å²) in [5.74, 6) is -3.34. The van der Waals surface area contributed by atoms with Crippen LogP contribution >= 0.6 is 0 Å². The molecule has 0 aliphatic carbocycles. The maximum atomic E-state index is 11.7. The van der Waals surface area contributed by atoms with Crippen molar-refractivity contribution in [3.63, 3.8) is 0 Å². The fraction of sp³-hybridized carbons (Fsp3) is 0.786. The molecule has 2 N–H and O–H groups in total. The minimum atomic E-state index is -0.973. The zero-order chi connectivity index (χ0) is 50.2. The predicted molar refractivity (Wildman–Crippen MR) is 265 cm³/mol. The summed E-state index contributed by atoms with van der Waals surface area (Å²) in [6, 6.07) is 0. The summed E-state index contributed by atoms with van der Waals surface area (Å²) in [7, 11) is 0. The molecule has 14 nitrogen and oxygen atoms in total. The first-order valence-electron chi connectivity index (χ1n) is 27.3. The SMILES string of the molecule is CC/C=C/CCCCCCCCCC(CC1CC(O)CC2(CC3OC(=O)C=CC3O2)O1)OC(C)=O.CC/C=C/CCCCCCCCCC(O)CC1CC(OC(C)=O)CC2(CC3OC(=O)C=CC3O2)O1. The number of unbranched alkanes of at least 4 members (excludes halogenated alkanes) is 14. The highest BCUT2D eigenvalue weighted by molar-refractivity contribution is 5.83. The van der Waals surface area contributed by atoms with Crippen molar-refractivity contribution in [2.75, 3.05) is 0 Å². The molecule has 12 unspecified atom stereocenters. The highest BCUT2D eigenvalue weighted by Gasteiger charge is 2.55. The third-order valence-corrected chi connectivity index (χ3v) is 14.1. The van der Waals surface area contributed by atoms with Crippen molar-refractivity contribution < 1.29 is 67.3 Å². The Balaban J connectivity index is 0.000000261. The van der Waals surface area contributed by atoms with Gasteiger partial charge >= 0.3 is 23.9 Å². The molecule has 0 amide bonds. The summed E-state index contributed by atoms with van der Waals surface area (Å²) in [6.07, 6.45) is 38.0. The molecule has 6 rings (SSSR count). The molecule has 6 aliphatic heterocycles. The van der Waals surface area contributed by atoms with E-state index in [4.69, 9.17) is 37.9 Å². The van der Waals surface area contributed by atoms with Crippen molar-refractivity contribution in [3.8, 4) is 0 Å². The number of ether oxygens (including phenoxy) is 8. The maximum Gasteiger partial charge on any atom is 0.330 e. The summed E-state index contributed by atoms with van der Waals surface area (Å²) in [6.45, 7) is 7.16. The molecule has 0 saturated carbocycles. The van der Waals surface area contributed by atoms with Crippen LogP contribution in [0.3, 0.4) is 0 Å². The van der Waals surface area contributed by atoms with Crippen LogP contribution < -0.4 is 0 Å². The fourth-order valence-electron chi connectivity index (χ4n) is 10.9. The molecular weight excluding hydrogens is 897 g/mol. The van der Waals surface area contributed by atoms with Crippen LogP contribution in [-0.2, 0) is 57.1 Å². The number of hydrogen-bond acceptors (Lipinski definition) is 14. The van der Waals surface area contributed by atoms with Crippen LogP contribution in [0, 0.1) is 0 Å². The Morgan fingerprint density at radius 1 is 0.629 bits per heavy atom. The van der Waals surface area contributed by atoms with Crippen molar-refractivity contribution in [3.05, 3.63) is 48.6 Å². The van der Waals surface area contributed by atoms with E-state index in [1.54, 1.807) is 12.2 Å². The van der Waals surface area contributed by atoms with Gasteiger partial charge in [0.15, 0.2) is 11.6 Å². The van der Waals surface area contributed by atoms with Gasteiger partial charge in [-0.15, -0.1) is 0 Å². The van der Waals surface area contributed by atoms with E-state index in [2.05, 4.69) is 38.2 Å². The van der Waals surface area contributed by atoms with Gasteiger partial charge < -0.3 is 48.1 Å². The average Bonchev–Trinajstić information content (AvgIpc) is 3.81. The molecular formula is C56H88O14. The number of carbonyl (C=O) groups excluding carboxylic acids is 4. The maximum absolute atomic E-state index is 11.7. The summed E-state index contributed by atoms with van der Waals surface area (Å²) < 4.78 is 46.9. The van der Waals surface area contributed by atoms with Crippen LogP contribution in [0.4, 0.5) is 0 Å². The zero-order valence-electron chi connectivity index (χ0n) is 43.0. The van der Waals surface area contributed by atoms with Crippen molar-refractivity contribution in [1.82, 2.24) is 0 Å². The number of aliphatic hydroxyl groups is 2. The number of allylic oxidation sites excluding steroid dienone is 4. The molecule has 0 bridgehead atoms. The standard InChI is InChI=1S/2C28H44O7/c1-3-4-5-6-7-8-9-10-11-12-13-14-23(32-21(2)29)18-24-17-22(30)19-28(34-24)20-26-25(35-28)15-16-27(31)33-26;1-3-4-5-6-7-8-9-10-11-12-13-14-22(30)17-23-18-24(32-21(2)29)19-28(34-23)20-26-25(35-28)15-16-27(31)33-26/h2*4-5,15-16,22-26,30H,3,6-14,17-20H2,1-2H3/b2*5-4+. The van der Waals surface area contributed by atoms with Crippen molar-refractivity contribution in [2.24, 2.45) is 0 Å². The number of esters is 4. The minimum absolute atomic E-state index is 0.244. The first-order chi connectivity index (χ1) is 33.8. The third-order valence-electron chi connectivity index (χ3n) is 14.1. The van der Waals surface area contributed by atoms with Crippen LogP contribution in [0.1, 0.15) is 207 Å². The van der Waals surface area contributed by atoms with E-state index in [1.165, 1.54) is 103 Å². The zero-order valence-corrected chi connectivity index (χ0v) is 43.0. The number of carbonyl (C=O) groups is 4. The molecule has 396 valence electrons. The van der Waals surface area contributed by atoms with E-state index < -0.39 is 36.0 Å². The van der Waals surface area contributed by atoms with E-state index in [0.717, 1.165) is 51.4 Å². The Labute approximate surface area is 418 Å². The smallest absolute Gasteiger partial charge is 0.330 e. The van der Waals surface area contributed by atoms with Gasteiger partial charge in [0, 0.05) is 64.5 Å². The molecule has 14 heteroatoms. The van der Waals surface area contributed by atoms with Gasteiger partial charge in [-0.1, -0.05) is 109 Å². The second kappa shape index (κ2) is 30.6. The second-order valence-electron chi connectivity index (χ2n) is 20.5. The van der Waals surface area contributed by atoms with Gasteiger partial charge in [-0.3, -0.25) is 9.59 Å². The van der Waals surface area contributed by atoms with E-state index in [1.807, 2.05) is 0 Å². The topological polar surface area (TPSA) is 183 Å². The van der Waals surface area contributed by atoms with E-state index >= 15 is 0 Å². The highest BCUT2D eigenvalue weighted by Crippen LogP contribution is 2.46. The first kappa shape index (κ1) is 57.5. The molecule has 70 heavy (non-hydrogen) atoms. The van der Waals surface area contributed by atoms with Gasteiger partial charge in [-0.2, -0.15) is 0 Å². The molecule has 12 atom stereocenters. The Kier molecular flexibility index (Phi) is 25.1. The lowest BCUT2D eigenvalue weighted by Crippen LogP contribution is -2.48. The molecule has 2 spiro atoms. The van der Waals surface area contributed by atoms with Crippen LogP contribution in [0.2, 0.25) is 0 Å². The quantitative estimate of drug-likeness (QED) is 0.0327. The van der Waals surface area contributed by atoms with Crippen molar-refractivity contribution in [1.29, 1.82) is 0 Å². The fourth-order valence-corrected chi connectivity index (χ4v) is 10.9. The third kappa shape index (κ3) is 20.6. The largest absolute Gasteiger partial charge is 0.462 e. The minimum Gasteiger partial charge on any atom is -0.462 e. The van der Waals surface area contributed by atoms with Gasteiger partial charge in [0.05, 0.1) is 24.4 Å². The Bertz CT molecular complexity index is 1710. The molecule has 6 heterocycles. The van der Waals surface area contributed by atoms with Crippen LogP contribution in [0.25, 0.3) is 0 Å². The van der Waals surface area contributed by atoms with Gasteiger partial charge in [-0.05, 0) is 82.8 Å². The lowest BCUT2D eigenvalue weighted by atomic mass is 9.91. The van der Waals surface area contributed by atoms with Crippen LogP contribution in [0.15, 0.2) is 48.6 Å². The van der Waals surface area contributed by atoms with E-state index in [0.29, 0.717) is 51.4 Å². The van der Waals surface area contributed by atoms with Gasteiger partial charge in [0.2, 0.25) is 0 Å². The molecule has 0 aromatic heterocycles. The molecule has 6 aliphatic rings. The number of fused-ring (bicyclic) bond motifs is 2. The monoisotopic (exact) mass is 985 g/mol. The number of hydrogen-bond donors (Lipinski definition) is 2. The normalized spacial score (nSPS) is 31.0. The second-order valence-corrected chi connectivity index (χ2v) is 20.5. The van der Waals surface area contributed by atoms with E-state index in [9.17, 15) is 29.4 Å². The summed E-state index contributed by atoms with van der Waals surface area (Å²) in [4.78, 5) is 46.6. The summed E-state index contributed by atoms with van der Waals surface area (Å²) >= 11 is 0. The lowest BCUT2D eigenvalue weighted by molar-refractivity contribution is -0.287. The molecule has 4 saturated heterocycles. The predicted octanol–water partition coefficient (Wildman–Crippen LogP) is 10.6. The number of aliphatic hydroxyl groups excluding tert-OH is 2. The summed E-state index contributed by atoms with van der Waals surface area (Å²) in [5.41, 5.74) is 0. The number of rotatable bonds is 28. The molecule has 0 aromatic carbocycles. The molecule has 0 radical (unpaired) electrons. The molecule has 4 fully saturated rings. The average molecular weight is 985 g/mol. The van der Waals surface area contributed by atoms with Gasteiger partial charge in [0.1, 0.15) is 36.6 Å². The van der Waals surface area contributed by atoms with Crippen molar-refractivity contribution in [2.45, 2.75) is 280 Å². The molecule has 0 aromatic rings. The van der Waals surface area contributed by atoms with Gasteiger partial charge in [0.25, 0.3) is 0 Å². The van der Waals surface area contributed by atoms with Crippen LogP contribution in [-0.4, -0.2) is 107 Å². The highest BCUT2D eigenvalue weighted by atomic mass is 16.7. The van der Waals surface area contributed by atoms with E-state index in [-0.39, 0.29) is 60.5 Å². The lowest BCUT2D eigenvalue weighted by Gasteiger charge is -2.41. The first-order valence-corrected chi connectivity index (χ1v) is 27.3. The Morgan fingerprint density at radius 2 is 1.11 bits per heavy atom. The summed E-state index contributed by atoms with van der Waals surface area (Å²) in [5, 5.41) is 21.2. The van der Waals surface area contributed by atoms with Crippen molar-refractivity contribution >= 4 is 23.9 Å². The Morgan fingerprint density at radius 3 is 1.63 bits per heavy atom. The van der Waals surface area contributed by atoms with Crippen LogP contribution in [0.5, 0.6) is 0 Å².